The van der Waals surface area contributed by atoms with Gasteiger partial charge in [-0.15, -0.1) is 0 Å². The van der Waals surface area contributed by atoms with E-state index in [4.69, 9.17) is 0 Å². The molecule has 1 saturated carbocycles. The molecule has 0 aromatic heterocycles. The number of hydrogen-bond acceptors (Lipinski definition) is 3. The highest BCUT2D eigenvalue weighted by Gasteiger charge is 2.38. The molecule has 1 aromatic carbocycles. The largest absolute Gasteiger partial charge is 0.352 e. The zero-order valence-electron chi connectivity index (χ0n) is 15.4. The van der Waals surface area contributed by atoms with Gasteiger partial charge < -0.3 is 15.5 Å². The van der Waals surface area contributed by atoms with Gasteiger partial charge in [-0.25, -0.2) is 0 Å². The van der Waals surface area contributed by atoms with Crippen LogP contribution >= 0.6 is 0 Å². The van der Waals surface area contributed by atoms with Crippen molar-refractivity contribution >= 4 is 11.8 Å². The van der Waals surface area contributed by atoms with Crippen molar-refractivity contribution < 1.29 is 9.59 Å². The third-order valence-corrected chi connectivity index (χ3v) is 6.17. The van der Waals surface area contributed by atoms with Gasteiger partial charge in [0, 0.05) is 19.1 Å². The predicted molar refractivity (Wildman–Crippen MR) is 101 cm³/mol. The van der Waals surface area contributed by atoms with Crippen LogP contribution in [-0.2, 0) is 22.6 Å². The Morgan fingerprint density at radius 2 is 1.77 bits per heavy atom. The van der Waals surface area contributed by atoms with Gasteiger partial charge in [0.05, 0.1) is 6.04 Å². The number of carbonyl (C=O) groups excluding carboxylic acids is 2. The molecule has 2 amide bonds. The minimum absolute atomic E-state index is 0.0546. The molecule has 26 heavy (non-hydrogen) atoms. The molecule has 0 bridgehead atoms. The lowest BCUT2D eigenvalue weighted by molar-refractivity contribution is -0.140. The maximum absolute atomic E-state index is 13.1. The summed E-state index contributed by atoms with van der Waals surface area (Å²) in [7, 11) is 0. The molecule has 4 rings (SSSR count). The molecule has 140 valence electrons. The number of likely N-dealkylation sites (tertiary alicyclic amines) is 1. The topological polar surface area (TPSA) is 61.4 Å². The second kappa shape index (κ2) is 7.78. The molecule has 0 radical (unpaired) electrons. The fraction of sp³-hybridized carbons (Fsp3) is 0.619. The van der Waals surface area contributed by atoms with Gasteiger partial charge in [-0.05, 0) is 43.2 Å². The number of carbonyl (C=O) groups is 2. The lowest BCUT2D eigenvalue weighted by atomic mass is 9.94. The Morgan fingerprint density at radius 1 is 1.00 bits per heavy atom. The van der Waals surface area contributed by atoms with Crippen molar-refractivity contribution in [1.29, 1.82) is 0 Å². The highest BCUT2D eigenvalue weighted by molar-refractivity contribution is 5.90. The van der Waals surface area contributed by atoms with Crippen molar-refractivity contribution in [2.75, 3.05) is 6.54 Å². The number of nitrogens with zero attached hydrogens (tertiary/aromatic N) is 1. The van der Waals surface area contributed by atoms with E-state index < -0.39 is 0 Å². The minimum atomic E-state index is -0.289. The summed E-state index contributed by atoms with van der Waals surface area (Å²) in [6.45, 7) is 1.42. The van der Waals surface area contributed by atoms with Gasteiger partial charge in [0.15, 0.2) is 0 Å². The van der Waals surface area contributed by atoms with E-state index in [1.807, 2.05) is 17.0 Å². The Morgan fingerprint density at radius 3 is 2.58 bits per heavy atom. The van der Waals surface area contributed by atoms with Gasteiger partial charge in [0.1, 0.15) is 6.04 Å². The van der Waals surface area contributed by atoms with Gasteiger partial charge in [-0.2, -0.15) is 0 Å². The van der Waals surface area contributed by atoms with Crippen LogP contribution in [0.4, 0.5) is 0 Å². The number of fused-ring (bicyclic) bond motifs is 1. The van der Waals surface area contributed by atoms with Crippen LogP contribution in [0.2, 0.25) is 0 Å². The third kappa shape index (κ3) is 3.63. The molecule has 2 fully saturated rings. The van der Waals surface area contributed by atoms with Gasteiger partial charge in [0.2, 0.25) is 11.8 Å². The molecule has 2 heterocycles. The maximum Gasteiger partial charge on any atom is 0.243 e. The van der Waals surface area contributed by atoms with Crippen molar-refractivity contribution in [3.8, 4) is 0 Å². The first kappa shape index (κ1) is 17.5. The van der Waals surface area contributed by atoms with E-state index in [2.05, 4.69) is 22.8 Å². The maximum atomic E-state index is 13.1. The van der Waals surface area contributed by atoms with Crippen molar-refractivity contribution in [3.05, 3.63) is 35.4 Å². The standard InChI is InChI=1S/C21H29N3O2/c25-20(23-17-9-2-1-3-10-17)19-11-6-12-24(19)21(26)18-13-15-7-4-5-8-16(15)14-22-18/h4-5,7-8,17-19,22H,1-3,6,9-14H2,(H,23,25). The number of amides is 2. The smallest absolute Gasteiger partial charge is 0.243 e. The van der Waals surface area contributed by atoms with Crippen LogP contribution in [0.1, 0.15) is 56.1 Å². The zero-order valence-corrected chi connectivity index (χ0v) is 15.4. The van der Waals surface area contributed by atoms with Crippen molar-refractivity contribution in [3.63, 3.8) is 0 Å². The molecule has 2 unspecified atom stereocenters. The normalized spacial score (nSPS) is 26.4. The van der Waals surface area contributed by atoms with Gasteiger partial charge in [-0.3, -0.25) is 9.59 Å². The zero-order chi connectivity index (χ0) is 17.9. The number of benzene rings is 1. The Bertz CT molecular complexity index is 669. The van der Waals surface area contributed by atoms with Crippen LogP contribution in [0, 0.1) is 0 Å². The predicted octanol–water partition coefficient (Wildman–Crippen LogP) is 2.14. The van der Waals surface area contributed by atoms with Crippen LogP contribution in [0.5, 0.6) is 0 Å². The SMILES string of the molecule is O=C(NC1CCCCC1)C1CCCN1C(=O)C1Cc2ccccc2CN1. The first-order valence-corrected chi connectivity index (χ1v) is 10.1. The molecular formula is C21H29N3O2. The Labute approximate surface area is 155 Å². The Balaban J connectivity index is 1.39. The molecule has 1 aliphatic carbocycles. The van der Waals surface area contributed by atoms with Crippen LogP contribution in [-0.4, -0.2) is 41.4 Å². The van der Waals surface area contributed by atoms with E-state index in [1.165, 1.54) is 30.4 Å². The van der Waals surface area contributed by atoms with E-state index in [0.29, 0.717) is 19.0 Å². The van der Waals surface area contributed by atoms with E-state index in [1.54, 1.807) is 0 Å². The monoisotopic (exact) mass is 355 g/mol. The Hall–Kier alpha value is -1.88. The molecule has 3 aliphatic rings. The summed E-state index contributed by atoms with van der Waals surface area (Å²) < 4.78 is 0. The molecule has 0 spiro atoms. The van der Waals surface area contributed by atoms with E-state index in [-0.39, 0.29) is 23.9 Å². The van der Waals surface area contributed by atoms with Crippen LogP contribution < -0.4 is 10.6 Å². The lowest BCUT2D eigenvalue weighted by Gasteiger charge is -2.32. The summed E-state index contributed by atoms with van der Waals surface area (Å²) in [5, 5.41) is 6.58. The van der Waals surface area contributed by atoms with Gasteiger partial charge >= 0.3 is 0 Å². The molecular weight excluding hydrogens is 326 g/mol. The Kier molecular flexibility index (Phi) is 5.25. The molecule has 1 aromatic rings. The summed E-state index contributed by atoms with van der Waals surface area (Å²) in [6.07, 6.45) is 8.23. The van der Waals surface area contributed by atoms with Crippen molar-refractivity contribution in [2.45, 2.75) is 76.0 Å². The summed E-state index contributed by atoms with van der Waals surface area (Å²) in [4.78, 5) is 27.7. The van der Waals surface area contributed by atoms with Gasteiger partial charge in [0.25, 0.3) is 0 Å². The van der Waals surface area contributed by atoms with Crippen LogP contribution in [0.25, 0.3) is 0 Å². The first-order valence-electron chi connectivity index (χ1n) is 10.1. The number of hydrogen-bond donors (Lipinski definition) is 2. The summed E-state index contributed by atoms with van der Waals surface area (Å²) in [5.41, 5.74) is 2.51. The minimum Gasteiger partial charge on any atom is -0.352 e. The molecule has 1 saturated heterocycles. The second-order valence-corrected chi connectivity index (χ2v) is 7.94. The summed E-state index contributed by atoms with van der Waals surface area (Å²) in [5.74, 6) is 0.139. The van der Waals surface area contributed by atoms with E-state index in [9.17, 15) is 9.59 Å². The van der Waals surface area contributed by atoms with Gasteiger partial charge in [-0.1, -0.05) is 43.5 Å². The first-order chi connectivity index (χ1) is 12.7. The highest BCUT2D eigenvalue weighted by atomic mass is 16.2. The average Bonchev–Trinajstić information content (AvgIpc) is 3.18. The van der Waals surface area contributed by atoms with E-state index >= 15 is 0 Å². The second-order valence-electron chi connectivity index (χ2n) is 7.94. The molecule has 5 heteroatoms. The fourth-order valence-corrected chi connectivity index (χ4v) is 4.68. The lowest BCUT2D eigenvalue weighted by Crippen LogP contribution is -2.55. The molecule has 2 aliphatic heterocycles. The quantitative estimate of drug-likeness (QED) is 0.873. The van der Waals surface area contributed by atoms with Crippen LogP contribution in [0.15, 0.2) is 24.3 Å². The summed E-state index contributed by atoms with van der Waals surface area (Å²) >= 11 is 0. The number of rotatable bonds is 3. The average molecular weight is 355 g/mol. The highest BCUT2D eigenvalue weighted by Crippen LogP contribution is 2.24. The summed E-state index contributed by atoms with van der Waals surface area (Å²) in [6, 6.07) is 8.08. The third-order valence-electron chi connectivity index (χ3n) is 6.17. The molecule has 2 atom stereocenters. The number of nitrogens with one attached hydrogen (secondary N) is 2. The van der Waals surface area contributed by atoms with Crippen molar-refractivity contribution in [2.24, 2.45) is 0 Å². The molecule has 2 N–H and O–H groups in total. The molecule has 5 nitrogen and oxygen atoms in total. The van der Waals surface area contributed by atoms with Crippen LogP contribution in [0.3, 0.4) is 0 Å². The van der Waals surface area contributed by atoms with E-state index in [0.717, 1.165) is 32.2 Å². The fourth-order valence-electron chi connectivity index (χ4n) is 4.68. The van der Waals surface area contributed by atoms with Crippen molar-refractivity contribution in [1.82, 2.24) is 15.5 Å².